The van der Waals surface area contributed by atoms with Crippen molar-refractivity contribution in [2.24, 2.45) is 5.92 Å². The monoisotopic (exact) mass is 472 g/mol. The number of anilines is 1. The number of benzene rings is 2. The summed E-state index contributed by atoms with van der Waals surface area (Å²) in [5.74, 6) is -0.554. The number of fused-ring (bicyclic) bond motifs is 1. The zero-order valence-corrected chi connectivity index (χ0v) is 20.0. The van der Waals surface area contributed by atoms with E-state index in [-0.39, 0.29) is 11.8 Å². The summed E-state index contributed by atoms with van der Waals surface area (Å²) < 4.78 is 27.1. The molecular weight excluding hydrogens is 446 g/mol. The second-order valence-electron chi connectivity index (χ2n) is 8.78. The molecule has 1 unspecified atom stereocenters. The first-order valence-electron chi connectivity index (χ1n) is 11.5. The van der Waals surface area contributed by atoms with Gasteiger partial charge in [-0.2, -0.15) is 0 Å². The van der Waals surface area contributed by atoms with E-state index in [1.54, 1.807) is 12.1 Å². The van der Waals surface area contributed by atoms with Gasteiger partial charge < -0.3 is 9.12 Å². The number of carbonyl (C=O) groups is 1. The second-order valence-corrected chi connectivity index (χ2v) is 9.58. The van der Waals surface area contributed by atoms with Crippen LogP contribution in [0.2, 0.25) is 0 Å². The summed E-state index contributed by atoms with van der Waals surface area (Å²) in [5.41, 5.74) is 6.52. The lowest BCUT2D eigenvalue weighted by Crippen LogP contribution is -2.34. The number of aryl methyl sites for hydroxylation is 2. The van der Waals surface area contributed by atoms with Gasteiger partial charge in [0, 0.05) is 35.3 Å². The third-order valence-electron chi connectivity index (χ3n) is 6.47. The van der Waals surface area contributed by atoms with Gasteiger partial charge in [-0.1, -0.05) is 49.4 Å². The van der Waals surface area contributed by atoms with Crippen LogP contribution in [0.25, 0.3) is 22.2 Å². The van der Waals surface area contributed by atoms with Gasteiger partial charge in [0.15, 0.2) is 0 Å². The minimum Gasteiger partial charge on any atom is -0.755 e. The molecule has 4 aromatic rings. The molecule has 2 aromatic heterocycles. The van der Waals surface area contributed by atoms with Crippen LogP contribution >= 0.6 is 0 Å². The Balaban J connectivity index is 1.47. The summed E-state index contributed by atoms with van der Waals surface area (Å²) in [6.45, 7) is 4.95. The van der Waals surface area contributed by atoms with Crippen LogP contribution in [0, 0.1) is 12.8 Å². The van der Waals surface area contributed by atoms with Crippen LogP contribution in [0.1, 0.15) is 36.6 Å². The van der Waals surface area contributed by atoms with Crippen molar-refractivity contribution in [1.82, 2.24) is 9.55 Å². The third kappa shape index (κ3) is 4.17. The summed E-state index contributed by atoms with van der Waals surface area (Å²) in [5, 5.41) is 1.18. The van der Waals surface area contributed by atoms with Gasteiger partial charge in [-0.15, -0.1) is 0 Å². The predicted molar refractivity (Wildman–Crippen MR) is 134 cm³/mol. The number of nitrogens with zero attached hydrogens (tertiary/aromatic N) is 3. The number of amides is 1. The van der Waals surface area contributed by atoms with E-state index in [0.717, 1.165) is 40.3 Å². The molecule has 1 aliphatic rings. The molecule has 7 heteroatoms. The summed E-state index contributed by atoms with van der Waals surface area (Å²) >= 11 is -2.67. The van der Waals surface area contributed by atoms with Gasteiger partial charge in [-0.05, 0) is 61.1 Å². The maximum atomic E-state index is 12.7. The number of hydrogen-bond donors (Lipinski definition) is 0. The molecule has 1 saturated carbocycles. The summed E-state index contributed by atoms with van der Waals surface area (Å²) in [4.78, 5) is 17.3. The molecule has 2 aromatic carbocycles. The molecule has 0 N–H and O–H groups in total. The highest BCUT2D eigenvalue weighted by atomic mass is 32.2. The van der Waals surface area contributed by atoms with E-state index >= 15 is 0 Å². The minimum atomic E-state index is -2.67. The average Bonchev–Trinajstić information content (AvgIpc) is 3.63. The van der Waals surface area contributed by atoms with E-state index in [0.29, 0.717) is 17.8 Å². The molecule has 0 radical (unpaired) electrons. The molecule has 0 bridgehead atoms. The van der Waals surface area contributed by atoms with Crippen molar-refractivity contribution in [1.29, 1.82) is 0 Å². The molecule has 0 spiro atoms. The Kier molecular flexibility index (Phi) is 6.06. The highest BCUT2D eigenvalue weighted by Crippen LogP contribution is 2.37. The Hall–Kier alpha value is -3.29. The van der Waals surface area contributed by atoms with Crippen molar-refractivity contribution in [2.75, 3.05) is 4.31 Å². The third-order valence-corrected chi connectivity index (χ3v) is 7.14. The van der Waals surface area contributed by atoms with Crippen molar-refractivity contribution < 1.29 is 13.6 Å². The molecule has 6 nitrogen and oxygen atoms in total. The van der Waals surface area contributed by atoms with Crippen LogP contribution in [0.15, 0.2) is 66.9 Å². The van der Waals surface area contributed by atoms with Crippen molar-refractivity contribution >= 4 is 33.9 Å². The highest BCUT2D eigenvalue weighted by molar-refractivity contribution is 7.81. The first-order chi connectivity index (χ1) is 16.5. The average molecular weight is 473 g/mol. The van der Waals surface area contributed by atoms with Crippen LogP contribution in [0.3, 0.4) is 0 Å². The lowest BCUT2D eigenvalue weighted by molar-refractivity contribution is -0.118. The summed E-state index contributed by atoms with van der Waals surface area (Å²) in [6, 6.07) is 19.5. The number of pyridine rings is 1. The Bertz CT molecular complexity index is 1390. The van der Waals surface area contributed by atoms with Gasteiger partial charge in [-0.3, -0.25) is 9.00 Å². The normalized spacial score (nSPS) is 14.3. The van der Waals surface area contributed by atoms with E-state index in [4.69, 9.17) is 0 Å². The van der Waals surface area contributed by atoms with Crippen LogP contribution < -0.4 is 4.31 Å². The minimum absolute atomic E-state index is 0.199. The fourth-order valence-electron chi connectivity index (χ4n) is 4.43. The molecule has 1 fully saturated rings. The number of hydrogen-bond acceptors (Lipinski definition) is 4. The van der Waals surface area contributed by atoms with Gasteiger partial charge in [0.25, 0.3) is 0 Å². The summed E-state index contributed by atoms with van der Waals surface area (Å²) in [6.07, 6.45) is 4.25. The zero-order valence-electron chi connectivity index (χ0n) is 19.2. The lowest BCUT2D eigenvalue weighted by atomic mass is 10.0. The molecule has 0 saturated heterocycles. The van der Waals surface area contributed by atoms with Gasteiger partial charge >= 0.3 is 0 Å². The maximum Gasteiger partial charge on any atom is 0.241 e. The SMILES string of the molecule is CCc1cc2c(C)ccnc2n1Cc1ccc(-c2ccccc2N(C(=O)C2CC2)S(=O)[O-])cc1. The van der Waals surface area contributed by atoms with Crippen molar-refractivity contribution in [2.45, 2.75) is 39.7 Å². The van der Waals surface area contributed by atoms with E-state index in [2.05, 4.69) is 29.5 Å². The first kappa shape index (κ1) is 22.5. The topological polar surface area (TPSA) is 78.3 Å². The lowest BCUT2D eigenvalue weighted by Gasteiger charge is -2.26. The van der Waals surface area contributed by atoms with Crippen molar-refractivity contribution in [3.8, 4) is 11.1 Å². The van der Waals surface area contributed by atoms with Crippen LogP contribution in [0.4, 0.5) is 5.69 Å². The smallest absolute Gasteiger partial charge is 0.241 e. The molecular formula is C27H26N3O3S-. The van der Waals surface area contributed by atoms with Gasteiger partial charge in [-0.25, -0.2) is 9.29 Å². The highest BCUT2D eigenvalue weighted by Gasteiger charge is 2.35. The number of rotatable bonds is 7. The largest absolute Gasteiger partial charge is 0.755 e. The zero-order chi connectivity index (χ0) is 23.8. The summed E-state index contributed by atoms with van der Waals surface area (Å²) in [7, 11) is 0. The predicted octanol–water partition coefficient (Wildman–Crippen LogP) is 5.16. The molecule has 34 heavy (non-hydrogen) atoms. The number of para-hydroxylation sites is 1. The second kappa shape index (κ2) is 9.16. The Morgan fingerprint density at radius 2 is 1.88 bits per heavy atom. The molecule has 1 atom stereocenters. The molecule has 1 amide bonds. The Morgan fingerprint density at radius 1 is 1.15 bits per heavy atom. The molecule has 2 heterocycles. The number of aromatic nitrogens is 2. The maximum absolute atomic E-state index is 12.7. The fraction of sp³-hybridized carbons (Fsp3) is 0.259. The van der Waals surface area contributed by atoms with E-state index in [1.165, 1.54) is 16.6 Å². The van der Waals surface area contributed by atoms with Crippen LogP contribution in [-0.2, 0) is 29.0 Å². The Morgan fingerprint density at radius 3 is 2.56 bits per heavy atom. The number of carbonyl (C=O) groups excluding carboxylic acids is 1. The molecule has 5 rings (SSSR count). The molecule has 0 aliphatic heterocycles. The fourth-order valence-corrected chi connectivity index (χ4v) is 5.05. The van der Waals surface area contributed by atoms with Gasteiger partial charge in [0.1, 0.15) is 5.65 Å². The van der Waals surface area contributed by atoms with Crippen molar-refractivity contribution in [3.63, 3.8) is 0 Å². The van der Waals surface area contributed by atoms with E-state index < -0.39 is 11.3 Å². The van der Waals surface area contributed by atoms with E-state index in [1.807, 2.05) is 48.7 Å². The van der Waals surface area contributed by atoms with Crippen LogP contribution in [0.5, 0.6) is 0 Å². The Labute approximate surface area is 201 Å². The molecule has 1 aliphatic carbocycles. The van der Waals surface area contributed by atoms with Crippen molar-refractivity contribution in [3.05, 3.63) is 83.7 Å². The quantitative estimate of drug-likeness (QED) is 0.348. The van der Waals surface area contributed by atoms with Gasteiger partial charge in [0.05, 0.1) is 17.0 Å². The van der Waals surface area contributed by atoms with Crippen LogP contribution in [-0.4, -0.2) is 24.2 Å². The molecule has 174 valence electrons. The van der Waals surface area contributed by atoms with E-state index in [9.17, 15) is 13.6 Å². The first-order valence-corrected chi connectivity index (χ1v) is 12.6. The van der Waals surface area contributed by atoms with Gasteiger partial charge in [0.2, 0.25) is 5.91 Å². The standard InChI is InChI=1S/C27H27N3O3S/c1-3-22-16-24-18(2)14-15-28-26(24)29(22)17-19-8-10-20(11-9-19)23-6-4-5-7-25(23)30(34(32)33)27(31)21-12-13-21/h4-11,14-16,21H,3,12-13,17H2,1-2H3,(H,32,33)/p-1.